The van der Waals surface area contributed by atoms with E-state index in [1.165, 1.54) is 29.2 Å². The second-order valence-electron chi connectivity index (χ2n) is 8.36. The molecular formula is C23H21BrF3N5O5. The van der Waals surface area contributed by atoms with E-state index in [-0.39, 0.29) is 48.6 Å². The number of hydrogen-bond donors (Lipinski definition) is 1. The fourth-order valence-electron chi connectivity index (χ4n) is 3.93. The number of likely N-dealkylation sites (tertiary alicyclic amines) is 1. The van der Waals surface area contributed by atoms with E-state index in [0.717, 1.165) is 12.1 Å². The number of fused-ring (bicyclic) bond motifs is 1. The second-order valence-corrected chi connectivity index (χ2v) is 9.28. The van der Waals surface area contributed by atoms with Crippen LogP contribution in [0.4, 0.5) is 19.1 Å². The average Bonchev–Trinajstić information content (AvgIpc) is 2.86. The van der Waals surface area contributed by atoms with Crippen LogP contribution in [0.1, 0.15) is 35.2 Å². The van der Waals surface area contributed by atoms with E-state index >= 15 is 0 Å². The maximum absolute atomic E-state index is 12.9. The Labute approximate surface area is 216 Å². The molecule has 1 aliphatic heterocycles. The van der Waals surface area contributed by atoms with Gasteiger partial charge in [-0.1, -0.05) is 22.0 Å². The molecule has 0 spiro atoms. The van der Waals surface area contributed by atoms with Crippen molar-refractivity contribution in [2.75, 3.05) is 25.0 Å². The Bertz CT molecular complexity index is 1330. The van der Waals surface area contributed by atoms with Crippen molar-refractivity contribution in [2.24, 2.45) is 0 Å². The fraction of sp³-hybridized carbons (Fsp3) is 0.348. The third-order valence-corrected chi connectivity index (χ3v) is 6.31. The quantitative estimate of drug-likeness (QED) is 0.268. The van der Waals surface area contributed by atoms with E-state index in [1.54, 1.807) is 6.07 Å². The van der Waals surface area contributed by atoms with E-state index in [0.29, 0.717) is 26.9 Å². The molecule has 1 saturated heterocycles. The van der Waals surface area contributed by atoms with Crippen LogP contribution in [0, 0.1) is 10.4 Å². The smallest absolute Gasteiger partial charge is 0.460 e. The molecule has 10 nitrogen and oxygen atoms in total. The first-order valence-corrected chi connectivity index (χ1v) is 12.0. The summed E-state index contributed by atoms with van der Waals surface area (Å²) in [6.07, 6.45) is -4.44. The van der Waals surface area contributed by atoms with Crippen molar-refractivity contribution in [3.8, 4) is 0 Å². The van der Waals surface area contributed by atoms with Crippen LogP contribution in [-0.4, -0.2) is 47.6 Å². The van der Waals surface area contributed by atoms with Crippen LogP contribution < -0.4 is 14.9 Å². The number of amides is 1. The molecule has 37 heavy (non-hydrogen) atoms. The van der Waals surface area contributed by atoms with Gasteiger partial charge in [0, 0.05) is 46.9 Å². The zero-order chi connectivity index (χ0) is 26.7. The zero-order valence-corrected chi connectivity index (χ0v) is 20.8. The van der Waals surface area contributed by atoms with Crippen molar-refractivity contribution in [3.63, 3.8) is 0 Å². The summed E-state index contributed by atoms with van der Waals surface area (Å²) in [5.74, 6) is -1.33. The minimum Gasteiger partial charge on any atom is -0.739 e. The van der Waals surface area contributed by atoms with Crippen molar-refractivity contribution in [2.45, 2.75) is 31.5 Å². The molecule has 14 heteroatoms. The topological polar surface area (TPSA) is 125 Å². The Hall–Kier alpha value is -3.68. The van der Waals surface area contributed by atoms with E-state index < -0.39 is 29.7 Å². The predicted octanol–water partition coefficient (Wildman–Crippen LogP) is 2.93. The van der Waals surface area contributed by atoms with Gasteiger partial charge in [-0.15, -0.1) is 0 Å². The molecule has 0 radical (unpaired) electrons. The van der Waals surface area contributed by atoms with Crippen molar-refractivity contribution < 1.29 is 37.1 Å². The predicted molar refractivity (Wildman–Crippen MR) is 127 cm³/mol. The summed E-state index contributed by atoms with van der Waals surface area (Å²) < 4.78 is 45.3. The van der Waals surface area contributed by atoms with Gasteiger partial charge in [-0.2, -0.15) is 13.2 Å². The van der Waals surface area contributed by atoms with Crippen molar-refractivity contribution in [3.05, 3.63) is 68.5 Å². The molecule has 196 valence electrons. The summed E-state index contributed by atoms with van der Waals surface area (Å²) in [6, 6.07) is 8.79. The summed E-state index contributed by atoms with van der Waals surface area (Å²) in [4.78, 5) is 26.6. The van der Waals surface area contributed by atoms with Crippen LogP contribution in [0.5, 0.6) is 0 Å². The first kappa shape index (κ1) is 26.4. The number of nitrogens with one attached hydrogen (secondary N) is 1. The van der Waals surface area contributed by atoms with Gasteiger partial charge in [0.25, 0.3) is 5.91 Å². The van der Waals surface area contributed by atoms with Gasteiger partial charge in [-0.25, -0.2) is 4.73 Å². The molecule has 1 N–H and O–H groups in total. The van der Waals surface area contributed by atoms with Crippen LogP contribution >= 0.6 is 15.9 Å². The third kappa shape index (κ3) is 6.18. The molecule has 1 amide bonds. The number of carbonyl (C=O) groups is 2. The number of carbonyl (C=O) groups excluding carboxylic acids is 2. The maximum Gasteiger partial charge on any atom is 0.460 e. The lowest BCUT2D eigenvalue weighted by atomic mass is 10.0. The van der Waals surface area contributed by atoms with Crippen LogP contribution in [0.15, 0.2) is 46.9 Å². The minimum absolute atomic E-state index is 0.0109. The molecule has 2 heterocycles. The summed E-state index contributed by atoms with van der Waals surface area (Å²) >= 11 is 3.22. The van der Waals surface area contributed by atoms with Crippen LogP contribution in [0.25, 0.3) is 11.0 Å². The van der Waals surface area contributed by atoms with E-state index in [2.05, 4.69) is 26.3 Å². The van der Waals surface area contributed by atoms with Gasteiger partial charge in [0.15, 0.2) is 5.52 Å². The number of hydrogen-bond acceptors (Lipinski definition) is 7. The third-order valence-electron chi connectivity index (χ3n) is 5.82. The summed E-state index contributed by atoms with van der Waals surface area (Å²) in [5.41, 5.74) is -0.770. The molecular weight excluding hydrogens is 563 g/mol. The van der Waals surface area contributed by atoms with E-state index in [9.17, 15) is 33.2 Å². The monoisotopic (exact) mass is 583 g/mol. The number of aromatic nitrogens is 3. The number of alkyl halides is 3. The van der Waals surface area contributed by atoms with Gasteiger partial charge >= 0.3 is 23.6 Å². The van der Waals surface area contributed by atoms with Gasteiger partial charge in [0.05, 0.1) is 18.5 Å². The number of halogens is 4. The molecule has 0 atom stereocenters. The molecule has 2 aromatic carbocycles. The Morgan fingerprint density at radius 1 is 1.14 bits per heavy atom. The molecule has 0 aliphatic carbocycles. The lowest BCUT2D eigenvalue weighted by Gasteiger charge is -2.31. The Kier molecular flexibility index (Phi) is 7.66. The lowest BCUT2D eigenvalue weighted by molar-refractivity contribution is -0.672. The number of benzene rings is 2. The van der Waals surface area contributed by atoms with E-state index in [4.69, 9.17) is 4.74 Å². The molecule has 1 fully saturated rings. The SMILES string of the molecule is O=C(CCNc1n[n+]([O-])c2cc(Br)ccc2[n+]1[O-])OC1CCN(C(=O)c2cccc(C(F)(F)F)c2)CC1. The first-order valence-electron chi connectivity index (χ1n) is 11.3. The Morgan fingerprint density at radius 2 is 1.86 bits per heavy atom. The lowest BCUT2D eigenvalue weighted by Crippen LogP contribution is -2.44. The second kappa shape index (κ2) is 10.7. The summed E-state index contributed by atoms with van der Waals surface area (Å²) in [7, 11) is 0. The van der Waals surface area contributed by atoms with Crippen LogP contribution in [0.2, 0.25) is 0 Å². The fourth-order valence-corrected chi connectivity index (χ4v) is 4.28. The molecule has 1 aromatic heterocycles. The van der Waals surface area contributed by atoms with Crippen molar-refractivity contribution in [1.82, 2.24) is 10.00 Å². The number of piperidine rings is 1. The molecule has 0 bridgehead atoms. The first-order chi connectivity index (χ1) is 17.5. The highest BCUT2D eigenvalue weighted by atomic mass is 79.9. The van der Waals surface area contributed by atoms with Crippen molar-refractivity contribution >= 4 is 44.8 Å². The molecule has 1 aliphatic rings. The van der Waals surface area contributed by atoms with Gasteiger partial charge in [0.1, 0.15) is 6.10 Å². The minimum atomic E-state index is -4.54. The Balaban J connectivity index is 1.25. The highest BCUT2D eigenvalue weighted by Gasteiger charge is 2.32. The van der Waals surface area contributed by atoms with Gasteiger partial charge in [0.2, 0.25) is 5.10 Å². The highest BCUT2D eigenvalue weighted by molar-refractivity contribution is 9.10. The van der Waals surface area contributed by atoms with Crippen LogP contribution in [-0.2, 0) is 15.7 Å². The molecule has 0 unspecified atom stereocenters. The van der Waals surface area contributed by atoms with Crippen molar-refractivity contribution in [1.29, 1.82) is 0 Å². The van der Waals surface area contributed by atoms with Gasteiger partial charge in [-0.3, -0.25) is 14.9 Å². The zero-order valence-electron chi connectivity index (χ0n) is 19.2. The number of nitrogens with zero attached hydrogens (tertiary/aromatic N) is 4. The van der Waals surface area contributed by atoms with E-state index in [1.807, 2.05) is 0 Å². The molecule has 4 rings (SSSR count). The normalized spacial score (nSPS) is 14.5. The van der Waals surface area contributed by atoms with Gasteiger partial charge < -0.3 is 20.1 Å². The highest BCUT2D eigenvalue weighted by Crippen LogP contribution is 2.30. The number of esters is 1. The summed E-state index contributed by atoms with van der Waals surface area (Å²) in [5, 5.41) is 30.9. The number of ether oxygens (including phenoxy) is 1. The largest absolute Gasteiger partial charge is 0.739 e. The Morgan fingerprint density at radius 3 is 2.57 bits per heavy atom. The maximum atomic E-state index is 12.9. The standard InChI is InChI=1S/C23H21BrF3N5O5/c24-16-4-5-18-19(13-16)32(36)29-22(31(18)35)28-9-6-20(33)37-17-7-10-30(11-8-17)21(34)14-2-1-3-15(12-14)23(25,26)27/h1-5,12-13,17H,6-11H2,(H,28,29). The average molecular weight is 584 g/mol. The van der Waals surface area contributed by atoms with Gasteiger partial charge in [-0.05, 0) is 30.3 Å². The summed E-state index contributed by atoms with van der Waals surface area (Å²) in [6.45, 7) is 0.438. The van der Waals surface area contributed by atoms with Crippen LogP contribution in [0.3, 0.4) is 0 Å². The molecule has 3 aromatic rings. The molecule has 0 saturated carbocycles. The number of anilines is 1. The number of rotatable bonds is 6.